The van der Waals surface area contributed by atoms with Crippen molar-refractivity contribution in [2.24, 2.45) is 5.92 Å². The molecule has 1 aromatic carbocycles. The minimum atomic E-state index is -0.953. The predicted molar refractivity (Wildman–Crippen MR) is 174 cm³/mol. The fourth-order valence-electron chi connectivity index (χ4n) is 5.33. The summed E-state index contributed by atoms with van der Waals surface area (Å²) in [5.74, 6) is -1.34. The standard InChI is InChI=1S/C34H38FN5O6S/c1-21(2)15-37-33(43)29-19-45-9-4-3-7-31(41)40-17-26(38-32(42)22-6-5-8-36-16-22)14-27(40)18-46-28-11-23(10-25(35)13-28)24-12-30(47-20-24)34(44)39-29/h3-6,8,10-13,16,20-21,26-27,29H,7,9,14-15,17-19H2,1-2H3,(H,37,43)(H,38,42)(H,39,44)/b4-3-/t26-,27-,29-/m0/s1. The van der Waals surface area contributed by atoms with Crippen LogP contribution in [0.1, 0.15) is 46.7 Å². The first-order chi connectivity index (χ1) is 22.7. The number of carbonyl (C=O) groups excluding carboxylic acids is 4. The topological polar surface area (TPSA) is 139 Å². The number of aromatic nitrogens is 1. The van der Waals surface area contributed by atoms with Gasteiger partial charge in [-0.25, -0.2) is 4.39 Å². The minimum Gasteiger partial charge on any atom is -0.491 e. The third-order valence-corrected chi connectivity index (χ3v) is 8.66. The Morgan fingerprint density at radius 1 is 1.15 bits per heavy atom. The second kappa shape index (κ2) is 15.8. The number of hydrogen-bond donors (Lipinski definition) is 3. The number of halogens is 1. The van der Waals surface area contributed by atoms with Crippen LogP contribution >= 0.6 is 11.3 Å². The lowest BCUT2D eigenvalue weighted by molar-refractivity contribution is -0.131. The molecular formula is C34H38FN5O6S. The van der Waals surface area contributed by atoms with E-state index in [0.29, 0.717) is 34.5 Å². The first kappa shape index (κ1) is 33.7. The SMILES string of the molecule is CC(C)CNC(=O)[C@@H]1COC/C=C\CC(=O)N2C[C@@H](NC(=O)c3cccnc3)C[C@H]2COc2cc(F)cc(c2)-c2csc(c2)C(=O)N1. The Bertz CT molecular complexity index is 1610. The van der Waals surface area contributed by atoms with E-state index in [-0.39, 0.29) is 74.3 Å². The first-order valence-corrected chi connectivity index (χ1v) is 16.4. The molecule has 0 spiro atoms. The number of nitrogens with one attached hydrogen (secondary N) is 3. The number of fused-ring (bicyclic) bond motifs is 6. The molecule has 248 valence electrons. The highest BCUT2D eigenvalue weighted by Crippen LogP contribution is 2.30. The van der Waals surface area contributed by atoms with Crippen molar-refractivity contribution in [3.63, 3.8) is 0 Å². The molecule has 47 heavy (non-hydrogen) atoms. The Morgan fingerprint density at radius 3 is 2.79 bits per heavy atom. The summed E-state index contributed by atoms with van der Waals surface area (Å²) in [7, 11) is 0. The molecule has 4 heterocycles. The summed E-state index contributed by atoms with van der Waals surface area (Å²) in [6.45, 7) is 4.77. The van der Waals surface area contributed by atoms with Gasteiger partial charge in [0.1, 0.15) is 24.2 Å². The number of thiophene rings is 1. The second-order valence-corrected chi connectivity index (χ2v) is 12.8. The average molecular weight is 664 g/mol. The van der Waals surface area contributed by atoms with Gasteiger partial charge in [-0.1, -0.05) is 26.0 Å². The smallest absolute Gasteiger partial charge is 0.262 e. The van der Waals surface area contributed by atoms with Gasteiger partial charge in [0.25, 0.3) is 11.8 Å². The fourth-order valence-corrected chi connectivity index (χ4v) is 6.14. The molecule has 0 unspecified atom stereocenters. The van der Waals surface area contributed by atoms with E-state index in [1.54, 1.807) is 52.9 Å². The van der Waals surface area contributed by atoms with Gasteiger partial charge in [0.15, 0.2) is 0 Å². The first-order valence-electron chi connectivity index (χ1n) is 15.5. The maximum absolute atomic E-state index is 14.8. The molecule has 4 bridgehead atoms. The highest BCUT2D eigenvalue weighted by Gasteiger charge is 2.36. The summed E-state index contributed by atoms with van der Waals surface area (Å²) < 4.78 is 26.5. The molecule has 3 N–H and O–H groups in total. The van der Waals surface area contributed by atoms with Gasteiger partial charge in [-0.3, -0.25) is 24.2 Å². The van der Waals surface area contributed by atoms with Crippen molar-refractivity contribution in [1.82, 2.24) is 25.8 Å². The highest BCUT2D eigenvalue weighted by molar-refractivity contribution is 7.12. The van der Waals surface area contributed by atoms with Crippen LogP contribution in [0, 0.1) is 11.7 Å². The van der Waals surface area contributed by atoms with E-state index in [4.69, 9.17) is 9.47 Å². The number of rotatable bonds is 5. The van der Waals surface area contributed by atoms with E-state index in [1.165, 1.54) is 29.7 Å². The van der Waals surface area contributed by atoms with Crippen LogP contribution in [0.5, 0.6) is 5.75 Å². The van der Waals surface area contributed by atoms with Gasteiger partial charge in [-0.05, 0) is 59.2 Å². The Hall–Kier alpha value is -4.62. The molecule has 1 fully saturated rings. The number of hydrogen-bond acceptors (Lipinski definition) is 8. The fraction of sp³-hybridized carbons (Fsp3) is 0.382. The quantitative estimate of drug-likeness (QED) is 0.355. The van der Waals surface area contributed by atoms with Gasteiger partial charge < -0.3 is 30.3 Å². The summed E-state index contributed by atoms with van der Waals surface area (Å²) >= 11 is 1.17. The van der Waals surface area contributed by atoms with Gasteiger partial charge in [-0.15, -0.1) is 11.3 Å². The van der Waals surface area contributed by atoms with Gasteiger partial charge in [0.05, 0.1) is 29.7 Å². The molecule has 0 aliphatic carbocycles. The molecule has 2 aromatic heterocycles. The molecule has 0 radical (unpaired) electrons. The van der Waals surface area contributed by atoms with E-state index in [9.17, 15) is 23.6 Å². The van der Waals surface area contributed by atoms with Gasteiger partial charge in [0, 0.05) is 44.0 Å². The highest BCUT2D eigenvalue weighted by atomic mass is 32.1. The lowest BCUT2D eigenvalue weighted by Crippen LogP contribution is -2.50. The van der Waals surface area contributed by atoms with Gasteiger partial charge in [-0.2, -0.15) is 0 Å². The zero-order valence-electron chi connectivity index (χ0n) is 26.2. The second-order valence-electron chi connectivity index (χ2n) is 11.9. The maximum atomic E-state index is 14.8. The van der Waals surface area contributed by atoms with Crippen LogP contribution in [-0.4, -0.2) is 84.5 Å². The Kier molecular flexibility index (Phi) is 11.3. The molecule has 2 aliphatic rings. The number of nitrogens with zero attached hydrogens (tertiary/aromatic N) is 2. The minimum absolute atomic E-state index is 0.0712. The van der Waals surface area contributed by atoms with Crippen LogP contribution in [0.3, 0.4) is 0 Å². The lowest BCUT2D eigenvalue weighted by Gasteiger charge is -2.24. The van der Waals surface area contributed by atoms with Crippen LogP contribution in [0.4, 0.5) is 4.39 Å². The Labute approximate surface area is 276 Å². The van der Waals surface area contributed by atoms with Crippen molar-refractivity contribution >= 4 is 35.0 Å². The average Bonchev–Trinajstić information content (AvgIpc) is 3.71. The molecule has 11 nitrogen and oxygen atoms in total. The summed E-state index contributed by atoms with van der Waals surface area (Å²) in [4.78, 5) is 58.3. The molecule has 3 atom stereocenters. The number of benzene rings is 1. The largest absolute Gasteiger partial charge is 0.491 e. The molecule has 2 aliphatic heterocycles. The molecule has 5 rings (SSSR count). The molecule has 1 saturated heterocycles. The van der Waals surface area contributed by atoms with Crippen LogP contribution in [0.2, 0.25) is 0 Å². The van der Waals surface area contributed by atoms with E-state index in [1.807, 2.05) is 13.8 Å². The van der Waals surface area contributed by atoms with Crippen molar-refractivity contribution < 1.29 is 33.0 Å². The summed E-state index contributed by atoms with van der Waals surface area (Å²) in [6, 6.07) is 7.60. The van der Waals surface area contributed by atoms with Crippen molar-refractivity contribution in [2.75, 3.05) is 32.9 Å². The van der Waals surface area contributed by atoms with E-state index >= 15 is 0 Å². The molecule has 3 aromatic rings. The van der Waals surface area contributed by atoms with E-state index < -0.39 is 17.8 Å². The van der Waals surface area contributed by atoms with Crippen LogP contribution < -0.4 is 20.7 Å². The van der Waals surface area contributed by atoms with E-state index in [0.717, 1.165) is 0 Å². The van der Waals surface area contributed by atoms with E-state index in [2.05, 4.69) is 20.9 Å². The molecule has 0 saturated carbocycles. The lowest BCUT2D eigenvalue weighted by atomic mass is 10.1. The Morgan fingerprint density at radius 2 is 2.00 bits per heavy atom. The van der Waals surface area contributed by atoms with Crippen LogP contribution in [0.25, 0.3) is 11.1 Å². The van der Waals surface area contributed by atoms with Crippen molar-refractivity contribution in [2.45, 2.75) is 44.8 Å². The Balaban J connectivity index is 1.37. The van der Waals surface area contributed by atoms with Gasteiger partial charge in [0.2, 0.25) is 11.8 Å². The monoisotopic (exact) mass is 663 g/mol. The maximum Gasteiger partial charge on any atom is 0.262 e. The third-order valence-electron chi connectivity index (χ3n) is 7.73. The normalized spacial score (nSPS) is 21.3. The summed E-state index contributed by atoms with van der Waals surface area (Å²) in [5, 5.41) is 10.3. The molecular weight excluding hydrogens is 625 g/mol. The van der Waals surface area contributed by atoms with Crippen LogP contribution in [0.15, 0.2) is 66.3 Å². The summed E-state index contributed by atoms with van der Waals surface area (Å²) in [5.41, 5.74) is 1.53. The van der Waals surface area contributed by atoms with Crippen molar-refractivity contribution in [3.8, 4) is 16.9 Å². The number of carbonyl (C=O) groups is 4. The van der Waals surface area contributed by atoms with Crippen LogP contribution in [-0.2, 0) is 14.3 Å². The molecule has 4 amide bonds. The zero-order chi connectivity index (χ0) is 33.3. The van der Waals surface area contributed by atoms with Crippen molar-refractivity contribution in [1.29, 1.82) is 0 Å². The number of ether oxygens (including phenoxy) is 2. The molecule has 13 heteroatoms. The number of pyridine rings is 1. The third kappa shape index (κ3) is 9.23. The summed E-state index contributed by atoms with van der Waals surface area (Å²) in [6.07, 6.45) is 6.94. The van der Waals surface area contributed by atoms with Gasteiger partial charge >= 0.3 is 0 Å². The predicted octanol–water partition coefficient (Wildman–Crippen LogP) is 3.57. The zero-order valence-corrected chi connectivity index (χ0v) is 27.1. The van der Waals surface area contributed by atoms with Crippen molar-refractivity contribution in [3.05, 3.63) is 82.6 Å². The number of amides is 4.